The van der Waals surface area contributed by atoms with Crippen LogP contribution >= 0.6 is 0 Å². The Kier molecular flexibility index (Phi) is 5.92. The summed E-state index contributed by atoms with van der Waals surface area (Å²) in [5.41, 5.74) is 0.395. The normalized spacial score (nSPS) is 13.7. The summed E-state index contributed by atoms with van der Waals surface area (Å²) in [6, 6.07) is -0.0650. The van der Waals surface area contributed by atoms with Crippen molar-refractivity contribution >= 4 is 14.6 Å². The topological polar surface area (TPSA) is 65.0 Å². The van der Waals surface area contributed by atoms with Crippen LogP contribution in [0.2, 0.25) is 6.04 Å². The molecule has 1 atom stereocenters. The molecule has 0 aliphatic rings. The lowest BCUT2D eigenvalue weighted by Gasteiger charge is -2.24. The Balaban J connectivity index is 4.55. The molecule has 0 aromatic carbocycles. The van der Waals surface area contributed by atoms with Crippen LogP contribution < -0.4 is 0 Å². The SMILES string of the molecule is C=C(C)C(O)C(=O)C[Si](OC)(OC)OC. The summed E-state index contributed by atoms with van der Waals surface area (Å²) in [6.45, 7) is 5.09. The molecule has 15 heavy (non-hydrogen) atoms. The van der Waals surface area contributed by atoms with Crippen molar-refractivity contribution in [2.45, 2.75) is 19.1 Å². The number of hydrogen-bond donors (Lipinski definition) is 1. The Morgan fingerprint density at radius 1 is 1.33 bits per heavy atom. The number of aliphatic hydroxyl groups excluding tert-OH is 1. The molecule has 6 heteroatoms. The van der Waals surface area contributed by atoms with Gasteiger partial charge in [0.1, 0.15) is 6.10 Å². The van der Waals surface area contributed by atoms with Crippen molar-refractivity contribution in [3.8, 4) is 0 Å². The van der Waals surface area contributed by atoms with Crippen LogP contribution in [-0.4, -0.2) is 47.1 Å². The fourth-order valence-corrected chi connectivity index (χ4v) is 2.60. The maximum absolute atomic E-state index is 11.6. The number of carbonyl (C=O) groups excluding carboxylic acids is 1. The second-order valence-corrected chi connectivity index (χ2v) is 6.13. The van der Waals surface area contributed by atoms with Crippen molar-refractivity contribution in [1.29, 1.82) is 0 Å². The highest BCUT2D eigenvalue weighted by atomic mass is 28.4. The molecule has 1 N–H and O–H groups in total. The van der Waals surface area contributed by atoms with Gasteiger partial charge in [-0.15, -0.1) is 0 Å². The molecule has 0 aromatic rings. The van der Waals surface area contributed by atoms with Crippen LogP contribution in [-0.2, 0) is 18.1 Å². The van der Waals surface area contributed by atoms with Crippen molar-refractivity contribution in [2.24, 2.45) is 0 Å². The highest BCUT2D eigenvalue weighted by Gasteiger charge is 2.42. The van der Waals surface area contributed by atoms with Gasteiger partial charge < -0.3 is 18.4 Å². The number of rotatable bonds is 7. The molecule has 0 spiro atoms. The zero-order chi connectivity index (χ0) is 12.1. The van der Waals surface area contributed by atoms with Gasteiger partial charge in [-0.25, -0.2) is 0 Å². The van der Waals surface area contributed by atoms with E-state index in [4.69, 9.17) is 13.3 Å². The maximum atomic E-state index is 11.6. The van der Waals surface area contributed by atoms with E-state index in [0.29, 0.717) is 5.57 Å². The van der Waals surface area contributed by atoms with Crippen molar-refractivity contribution in [1.82, 2.24) is 0 Å². The van der Waals surface area contributed by atoms with Gasteiger partial charge in [0.25, 0.3) is 0 Å². The summed E-state index contributed by atoms with van der Waals surface area (Å²) >= 11 is 0. The first kappa shape index (κ1) is 14.5. The standard InChI is InChI=1S/C9H18O5Si/c1-7(2)9(11)8(10)6-15(12-3,13-4)14-5/h9,11H,1,6H2,2-5H3. The van der Waals surface area contributed by atoms with E-state index in [1.54, 1.807) is 6.92 Å². The summed E-state index contributed by atoms with van der Waals surface area (Å²) in [4.78, 5) is 11.6. The van der Waals surface area contributed by atoms with Gasteiger partial charge in [-0.1, -0.05) is 6.58 Å². The summed E-state index contributed by atoms with van der Waals surface area (Å²) in [5, 5.41) is 9.45. The number of carbonyl (C=O) groups is 1. The van der Waals surface area contributed by atoms with Gasteiger partial charge in [-0.05, 0) is 12.5 Å². The molecule has 0 amide bonds. The van der Waals surface area contributed by atoms with Gasteiger partial charge in [0.05, 0.1) is 6.04 Å². The van der Waals surface area contributed by atoms with E-state index in [-0.39, 0.29) is 6.04 Å². The molecule has 0 aliphatic carbocycles. The van der Waals surface area contributed by atoms with E-state index >= 15 is 0 Å². The van der Waals surface area contributed by atoms with Crippen LogP contribution in [0.25, 0.3) is 0 Å². The van der Waals surface area contributed by atoms with Crippen LogP contribution in [0.3, 0.4) is 0 Å². The van der Waals surface area contributed by atoms with Crippen LogP contribution in [0.15, 0.2) is 12.2 Å². The van der Waals surface area contributed by atoms with E-state index in [0.717, 1.165) is 0 Å². The molecule has 0 heterocycles. The van der Waals surface area contributed by atoms with E-state index in [2.05, 4.69) is 6.58 Å². The largest absolute Gasteiger partial charge is 0.507 e. The average molecular weight is 234 g/mol. The Bertz CT molecular complexity index is 228. The van der Waals surface area contributed by atoms with Crippen LogP contribution in [0.5, 0.6) is 0 Å². The lowest BCUT2D eigenvalue weighted by Crippen LogP contribution is -2.46. The molecule has 88 valence electrons. The first-order chi connectivity index (χ1) is 6.92. The molecule has 0 radical (unpaired) electrons. The van der Waals surface area contributed by atoms with Gasteiger partial charge in [-0.2, -0.15) is 0 Å². The van der Waals surface area contributed by atoms with Gasteiger partial charge in [0, 0.05) is 21.3 Å². The minimum atomic E-state index is -2.94. The van der Waals surface area contributed by atoms with Crippen molar-refractivity contribution in [2.75, 3.05) is 21.3 Å². The average Bonchev–Trinajstić information content (AvgIpc) is 2.24. The van der Waals surface area contributed by atoms with Crippen LogP contribution in [0.1, 0.15) is 6.92 Å². The fraction of sp³-hybridized carbons (Fsp3) is 0.667. The zero-order valence-corrected chi connectivity index (χ0v) is 10.6. The fourth-order valence-electron chi connectivity index (χ4n) is 1.05. The van der Waals surface area contributed by atoms with Crippen molar-refractivity contribution in [3.05, 3.63) is 12.2 Å². The maximum Gasteiger partial charge on any atom is 0.507 e. The van der Waals surface area contributed by atoms with Crippen molar-refractivity contribution < 1.29 is 23.2 Å². The van der Waals surface area contributed by atoms with Gasteiger partial charge >= 0.3 is 8.80 Å². The Morgan fingerprint density at radius 2 is 1.73 bits per heavy atom. The molecule has 0 rings (SSSR count). The molecule has 0 saturated heterocycles. The Morgan fingerprint density at radius 3 is 2.00 bits per heavy atom. The summed E-state index contributed by atoms with van der Waals surface area (Å²) in [7, 11) is 1.31. The first-order valence-electron chi connectivity index (χ1n) is 4.44. The molecular weight excluding hydrogens is 216 g/mol. The monoisotopic (exact) mass is 234 g/mol. The van der Waals surface area contributed by atoms with E-state index in [1.165, 1.54) is 21.3 Å². The lowest BCUT2D eigenvalue weighted by atomic mass is 10.1. The second-order valence-electron chi connectivity index (χ2n) is 3.19. The molecule has 1 unspecified atom stereocenters. The number of ketones is 1. The van der Waals surface area contributed by atoms with Gasteiger partial charge in [0.15, 0.2) is 5.78 Å². The van der Waals surface area contributed by atoms with Crippen molar-refractivity contribution in [3.63, 3.8) is 0 Å². The highest BCUT2D eigenvalue weighted by Crippen LogP contribution is 2.15. The smallest absolute Gasteiger partial charge is 0.381 e. The predicted octanol–water partition coefficient (Wildman–Crippen LogP) is 0.371. The molecule has 0 aromatic heterocycles. The Hall–Kier alpha value is -0.533. The summed E-state index contributed by atoms with van der Waals surface area (Å²) in [6.07, 6.45) is -1.18. The molecule has 5 nitrogen and oxygen atoms in total. The quantitative estimate of drug-likeness (QED) is 0.509. The number of aliphatic hydroxyl groups is 1. The van der Waals surface area contributed by atoms with Crippen LogP contribution in [0, 0.1) is 0 Å². The van der Waals surface area contributed by atoms with Crippen LogP contribution in [0.4, 0.5) is 0 Å². The van der Waals surface area contributed by atoms with Gasteiger partial charge in [0.2, 0.25) is 0 Å². The molecule has 0 fully saturated rings. The second kappa shape index (κ2) is 6.14. The third-order valence-corrected chi connectivity index (χ3v) is 4.74. The summed E-state index contributed by atoms with van der Waals surface area (Å²) < 4.78 is 15.2. The predicted molar refractivity (Wildman–Crippen MR) is 57.4 cm³/mol. The minimum absolute atomic E-state index is 0.0650. The zero-order valence-electron chi connectivity index (χ0n) is 9.57. The van der Waals surface area contributed by atoms with Gasteiger partial charge in [-0.3, -0.25) is 4.79 Å². The summed E-state index contributed by atoms with van der Waals surface area (Å²) in [5.74, 6) is -0.403. The third kappa shape index (κ3) is 3.84. The lowest BCUT2D eigenvalue weighted by molar-refractivity contribution is -0.124. The number of Topliss-reactive ketones (excluding diaryl/α,β-unsaturated/α-hetero) is 1. The number of hydrogen-bond acceptors (Lipinski definition) is 5. The molecular formula is C9H18O5Si. The van der Waals surface area contributed by atoms with E-state index in [1.807, 2.05) is 0 Å². The molecule has 0 aliphatic heterocycles. The Labute approximate surface area is 91.0 Å². The minimum Gasteiger partial charge on any atom is -0.381 e. The van der Waals surface area contributed by atoms with E-state index in [9.17, 15) is 9.90 Å². The molecule has 0 bridgehead atoms. The van der Waals surface area contributed by atoms with E-state index < -0.39 is 20.7 Å². The highest BCUT2D eigenvalue weighted by molar-refractivity contribution is 6.64. The third-order valence-electron chi connectivity index (χ3n) is 2.10. The first-order valence-corrected chi connectivity index (χ1v) is 6.37. The molecule has 0 saturated carbocycles.